The van der Waals surface area contributed by atoms with E-state index in [-0.39, 0.29) is 35.1 Å². The highest BCUT2D eigenvalue weighted by atomic mass is 32.2. The van der Waals surface area contributed by atoms with Gasteiger partial charge in [-0.25, -0.2) is 8.42 Å². The fourth-order valence-corrected chi connectivity index (χ4v) is 10.1. The molecule has 6 aromatic rings. The van der Waals surface area contributed by atoms with E-state index in [9.17, 15) is 18.6 Å². The summed E-state index contributed by atoms with van der Waals surface area (Å²) in [5, 5.41) is 21.8. The molecule has 0 unspecified atom stereocenters. The molecule has 0 aromatic heterocycles. The van der Waals surface area contributed by atoms with Gasteiger partial charge >= 0.3 is 0 Å². The van der Waals surface area contributed by atoms with Crippen LogP contribution in [0.5, 0.6) is 11.5 Å². The predicted octanol–water partition coefficient (Wildman–Crippen LogP) is 6.81. The van der Waals surface area contributed by atoms with Gasteiger partial charge in [-0.2, -0.15) is 0 Å². The van der Waals surface area contributed by atoms with E-state index in [1.54, 1.807) is 24.3 Å². The van der Waals surface area contributed by atoms with E-state index in [1.807, 2.05) is 24.3 Å². The van der Waals surface area contributed by atoms with E-state index in [0.717, 1.165) is 52.4 Å². The Morgan fingerprint density at radius 1 is 0.413 bits per heavy atom. The Morgan fingerprint density at radius 2 is 0.698 bits per heavy atom. The lowest BCUT2D eigenvalue weighted by Crippen LogP contribution is -2.50. The molecule has 2 fully saturated rings. The van der Waals surface area contributed by atoms with Crippen molar-refractivity contribution in [2.45, 2.75) is 34.1 Å². The van der Waals surface area contributed by atoms with Gasteiger partial charge in [-0.3, -0.25) is 19.6 Å². The van der Waals surface area contributed by atoms with Crippen molar-refractivity contribution in [2.75, 3.05) is 78.7 Å². The topological polar surface area (TPSA) is 106 Å². The zero-order valence-electron chi connectivity index (χ0n) is 35.7. The Labute approximate surface area is 372 Å². The van der Waals surface area contributed by atoms with Crippen molar-refractivity contribution in [1.29, 1.82) is 0 Å². The molecule has 0 amide bonds. The molecule has 2 heterocycles. The summed E-state index contributed by atoms with van der Waals surface area (Å²) >= 11 is 0. The number of benzene rings is 6. The summed E-state index contributed by atoms with van der Waals surface area (Å²) in [6.07, 6.45) is -1.40. The van der Waals surface area contributed by atoms with Crippen LogP contribution in [0.2, 0.25) is 0 Å². The number of sulfone groups is 1. The number of ether oxygens (including phenoxy) is 2. The van der Waals surface area contributed by atoms with Crippen LogP contribution in [0.4, 0.5) is 0 Å². The van der Waals surface area contributed by atoms with Crippen molar-refractivity contribution in [3.05, 3.63) is 192 Å². The third-order valence-electron chi connectivity index (χ3n) is 12.1. The Balaban J connectivity index is 0.759. The van der Waals surface area contributed by atoms with E-state index >= 15 is 0 Å². The maximum atomic E-state index is 13.5. The first-order valence-electron chi connectivity index (χ1n) is 22.0. The highest BCUT2D eigenvalue weighted by Gasteiger charge is 2.29. The highest BCUT2D eigenvalue weighted by Crippen LogP contribution is 2.31. The summed E-state index contributed by atoms with van der Waals surface area (Å²) in [5.41, 5.74) is 5.09. The van der Waals surface area contributed by atoms with Crippen molar-refractivity contribution in [3.63, 3.8) is 0 Å². The van der Waals surface area contributed by atoms with Gasteiger partial charge in [0.2, 0.25) is 9.84 Å². The molecule has 0 spiro atoms. The van der Waals surface area contributed by atoms with Crippen LogP contribution in [-0.4, -0.2) is 129 Å². The highest BCUT2D eigenvalue weighted by molar-refractivity contribution is 7.91. The monoisotopic (exact) mass is 866 g/mol. The lowest BCUT2D eigenvalue weighted by atomic mass is 9.96. The van der Waals surface area contributed by atoms with Gasteiger partial charge in [0.1, 0.15) is 36.9 Å². The molecular weight excluding hydrogens is 809 g/mol. The predicted molar refractivity (Wildman–Crippen MR) is 247 cm³/mol. The molecule has 2 aliphatic rings. The molecule has 0 aliphatic carbocycles. The van der Waals surface area contributed by atoms with Gasteiger partial charge < -0.3 is 19.7 Å². The average Bonchev–Trinajstić information content (AvgIpc) is 3.33. The van der Waals surface area contributed by atoms with Gasteiger partial charge in [-0.1, -0.05) is 121 Å². The normalized spacial score (nSPS) is 16.8. The Kier molecular flexibility index (Phi) is 15.0. The number of β-amino-alcohol motifs (C(OH)–C–C–N with tert-alkyl or cyclic N) is 2. The quantitative estimate of drug-likeness (QED) is 0.0958. The molecule has 10 nitrogen and oxygen atoms in total. The van der Waals surface area contributed by atoms with Crippen LogP contribution in [0.25, 0.3) is 0 Å². The Morgan fingerprint density at radius 3 is 0.984 bits per heavy atom. The smallest absolute Gasteiger partial charge is 0.206 e. The van der Waals surface area contributed by atoms with Crippen LogP contribution in [-0.2, 0) is 9.84 Å². The van der Waals surface area contributed by atoms with Gasteiger partial charge in [0.25, 0.3) is 0 Å². The summed E-state index contributed by atoms with van der Waals surface area (Å²) in [6.45, 7) is 8.01. The molecule has 8 rings (SSSR count). The second-order valence-electron chi connectivity index (χ2n) is 16.5. The summed E-state index contributed by atoms with van der Waals surface area (Å²) in [7, 11) is -3.80. The molecule has 2 aliphatic heterocycles. The first-order chi connectivity index (χ1) is 30.8. The zero-order valence-corrected chi connectivity index (χ0v) is 36.5. The number of aliphatic hydroxyl groups is 2. The van der Waals surface area contributed by atoms with E-state index < -0.39 is 22.0 Å². The lowest BCUT2D eigenvalue weighted by Gasteiger charge is -2.40. The lowest BCUT2D eigenvalue weighted by molar-refractivity contribution is 0.0400. The molecule has 6 aromatic carbocycles. The third kappa shape index (κ3) is 11.6. The van der Waals surface area contributed by atoms with Crippen LogP contribution in [0.1, 0.15) is 34.3 Å². The zero-order chi connectivity index (χ0) is 43.4. The molecule has 2 N–H and O–H groups in total. The summed E-state index contributed by atoms with van der Waals surface area (Å²) in [6, 6.07) is 55.3. The Bertz CT molecular complexity index is 2140. The minimum absolute atomic E-state index is 0.0969. The molecule has 0 radical (unpaired) electrons. The van der Waals surface area contributed by atoms with E-state index in [0.29, 0.717) is 24.6 Å². The molecule has 0 saturated carbocycles. The molecule has 2 saturated heterocycles. The fourth-order valence-electron chi connectivity index (χ4n) is 8.83. The number of piperazine rings is 2. The van der Waals surface area contributed by atoms with Crippen molar-refractivity contribution in [3.8, 4) is 11.5 Å². The van der Waals surface area contributed by atoms with Crippen molar-refractivity contribution in [1.82, 2.24) is 19.6 Å². The Hall–Kier alpha value is -5.37. The maximum absolute atomic E-state index is 13.5. The van der Waals surface area contributed by atoms with Crippen LogP contribution in [0.15, 0.2) is 180 Å². The van der Waals surface area contributed by atoms with Crippen molar-refractivity contribution < 1.29 is 28.1 Å². The fraction of sp³-hybridized carbons (Fsp3) is 0.308. The molecule has 0 bridgehead atoms. The molecule has 2 atom stereocenters. The number of rotatable bonds is 18. The SMILES string of the molecule is O=S(=O)(c1ccc(OC[C@@H](O)CN2CCN(C(c3ccccc3)c3ccccc3)CC2)cc1)c1ccc(OC[C@H](O)CN2CCN(C(c3ccccc3)c3ccccc3)CC2)cc1. The second-order valence-corrected chi connectivity index (χ2v) is 18.4. The van der Waals surface area contributed by atoms with Crippen molar-refractivity contribution in [2.24, 2.45) is 0 Å². The van der Waals surface area contributed by atoms with Crippen LogP contribution < -0.4 is 9.47 Å². The van der Waals surface area contributed by atoms with E-state index in [4.69, 9.17) is 9.47 Å². The van der Waals surface area contributed by atoms with E-state index in [2.05, 4.69) is 117 Å². The molecule has 63 heavy (non-hydrogen) atoms. The van der Waals surface area contributed by atoms with Crippen LogP contribution in [0.3, 0.4) is 0 Å². The van der Waals surface area contributed by atoms with Gasteiger partial charge in [0.15, 0.2) is 0 Å². The first kappa shape index (κ1) is 44.2. The summed E-state index contributed by atoms with van der Waals surface area (Å²) in [5.74, 6) is 0.971. The summed E-state index contributed by atoms with van der Waals surface area (Å²) in [4.78, 5) is 9.82. The standard InChI is InChI=1S/C52H58N4O6S/c57-45(37-53-29-33-55(34-30-53)51(41-13-5-1-6-14-41)42-15-7-2-8-16-42)39-61-47-21-25-49(26-22-47)63(59,60)50-27-23-48(24-28-50)62-40-46(58)38-54-31-35-56(36-32-54)52(43-17-9-3-10-18-43)44-19-11-4-12-20-44/h1-28,45-46,51-52,57-58H,29-40H2/t45-,46+. The number of hydrogen-bond acceptors (Lipinski definition) is 10. The summed E-state index contributed by atoms with van der Waals surface area (Å²) < 4.78 is 38.8. The minimum atomic E-state index is -3.80. The van der Waals surface area contributed by atoms with Gasteiger partial charge in [0, 0.05) is 65.4 Å². The van der Waals surface area contributed by atoms with Gasteiger partial charge in [0.05, 0.1) is 21.9 Å². The van der Waals surface area contributed by atoms with Crippen molar-refractivity contribution >= 4 is 9.84 Å². The molecular formula is C52H58N4O6S. The molecule has 11 heteroatoms. The maximum Gasteiger partial charge on any atom is 0.206 e. The first-order valence-corrected chi connectivity index (χ1v) is 23.5. The number of nitrogens with zero attached hydrogens (tertiary/aromatic N) is 4. The minimum Gasteiger partial charge on any atom is -0.491 e. The van der Waals surface area contributed by atoms with Gasteiger partial charge in [-0.15, -0.1) is 0 Å². The second kappa shape index (κ2) is 21.3. The largest absolute Gasteiger partial charge is 0.491 e. The van der Waals surface area contributed by atoms with Gasteiger partial charge in [-0.05, 0) is 70.8 Å². The van der Waals surface area contributed by atoms with Crippen LogP contribution >= 0.6 is 0 Å². The third-order valence-corrected chi connectivity index (χ3v) is 13.9. The molecule has 328 valence electrons. The van der Waals surface area contributed by atoms with Crippen LogP contribution in [0, 0.1) is 0 Å². The van der Waals surface area contributed by atoms with E-state index in [1.165, 1.54) is 46.5 Å². The average molecular weight is 867 g/mol. The number of hydrogen-bond donors (Lipinski definition) is 2. The number of aliphatic hydroxyl groups excluding tert-OH is 2.